The number of rotatable bonds is 3. The SMILES string of the molecule is O=C(/C=C/c1ccccc1)N1CCCn2cccc2C1c1cccc(Cl)c1. The highest BCUT2D eigenvalue weighted by molar-refractivity contribution is 6.30. The summed E-state index contributed by atoms with van der Waals surface area (Å²) in [6.07, 6.45) is 6.55. The molecule has 0 bridgehead atoms. The molecule has 0 radical (unpaired) electrons. The minimum atomic E-state index is -0.144. The van der Waals surface area contributed by atoms with Gasteiger partial charge in [-0.15, -0.1) is 0 Å². The van der Waals surface area contributed by atoms with Gasteiger partial charge in [-0.2, -0.15) is 0 Å². The van der Waals surface area contributed by atoms with Gasteiger partial charge in [0.05, 0.1) is 6.04 Å². The molecule has 1 unspecified atom stereocenters. The second-order valence-corrected chi connectivity index (χ2v) is 7.15. The van der Waals surface area contributed by atoms with Crippen molar-refractivity contribution in [2.45, 2.75) is 19.0 Å². The molecule has 3 aromatic rings. The highest BCUT2D eigenvalue weighted by Gasteiger charge is 2.29. The van der Waals surface area contributed by atoms with Crippen molar-refractivity contribution in [3.63, 3.8) is 0 Å². The zero-order chi connectivity index (χ0) is 18.6. The fourth-order valence-corrected chi connectivity index (χ4v) is 3.87. The predicted molar refractivity (Wildman–Crippen MR) is 110 cm³/mol. The van der Waals surface area contributed by atoms with Crippen LogP contribution in [0.1, 0.15) is 29.3 Å². The number of aryl methyl sites for hydroxylation is 1. The number of benzene rings is 2. The van der Waals surface area contributed by atoms with Gasteiger partial charge in [-0.1, -0.05) is 54.1 Å². The van der Waals surface area contributed by atoms with Crippen molar-refractivity contribution >= 4 is 23.6 Å². The number of aromatic nitrogens is 1. The van der Waals surface area contributed by atoms with E-state index in [4.69, 9.17) is 11.6 Å². The maximum Gasteiger partial charge on any atom is 0.247 e. The summed E-state index contributed by atoms with van der Waals surface area (Å²) in [7, 11) is 0. The lowest BCUT2D eigenvalue weighted by atomic mass is 10.0. The quantitative estimate of drug-likeness (QED) is 0.578. The second kappa shape index (κ2) is 7.85. The first kappa shape index (κ1) is 17.6. The van der Waals surface area contributed by atoms with Gasteiger partial charge in [0.25, 0.3) is 0 Å². The van der Waals surface area contributed by atoms with Gasteiger partial charge in [0.2, 0.25) is 5.91 Å². The van der Waals surface area contributed by atoms with E-state index in [-0.39, 0.29) is 11.9 Å². The Hall–Kier alpha value is -2.78. The summed E-state index contributed by atoms with van der Waals surface area (Å²) >= 11 is 6.25. The van der Waals surface area contributed by atoms with Crippen LogP contribution in [0, 0.1) is 0 Å². The van der Waals surface area contributed by atoms with E-state index >= 15 is 0 Å². The Balaban J connectivity index is 1.71. The number of carbonyl (C=O) groups is 1. The number of hydrogen-bond donors (Lipinski definition) is 0. The number of hydrogen-bond acceptors (Lipinski definition) is 1. The lowest BCUT2D eigenvalue weighted by Gasteiger charge is -2.30. The molecule has 1 aliphatic rings. The van der Waals surface area contributed by atoms with Gasteiger partial charge in [0, 0.05) is 36.1 Å². The number of carbonyl (C=O) groups excluding carboxylic acids is 1. The van der Waals surface area contributed by atoms with Crippen LogP contribution in [-0.4, -0.2) is 21.9 Å². The number of fused-ring (bicyclic) bond motifs is 1. The fraction of sp³-hybridized carbons (Fsp3) is 0.174. The molecule has 0 spiro atoms. The third-order valence-corrected chi connectivity index (χ3v) is 5.16. The Morgan fingerprint density at radius 2 is 1.85 bits per heavy atom. The average molecular weight is 377 g/mol. The number of amides is 1. The Morgan fingerprint density at radius 3 is 2.67 bits per heavy atom. The molecule has 0 aliphatic carbocycles. The molecule has 1 aliphatic heterocycles. The molecule has 3 nitrogen and oxygen atoms in total. The molecule has 1 aromatic heterocycles. The summed E-state index contributed by atoms with van der Waals surface area (Å²) in [6.45, 7) is 1.61. The maximum absolute atomic E-state index is 13.1. The Morgan fingerprint density at radius 1 is 1.00 bits per heavy atom. The van der Waals surface area contributed by atoms with E-state index in [0.29, 0.717) is 11.6 Å². The van der Waals surface area contributed by atoms with E-state index in [0.717, 1.165) is 29.8 Å². The third kappa shape index (κ3) is 3.83. The molecule has 2 heterocycles. The van der Waals surface area contributed by atoms with Crippen LogP contribution in [0.5, 0.6) is 0 Å². The van der Waals surface area contributed by atoms with Crippen molar-refractivity contribution in [2.75, 3.05) is 6.54 Å². The van der Waals surface area contributed by atoms with E-state index in [2.05, 4.69) is 16.8 Å². The standard InChI is InChI=1S/C23H21ClN2O/c24-20-10-4-9-19(17-20)23-21-11-5-14-25(21)15-6-16-26(23)22(27)13-12-18-7-2-1-3-8-18/h1-5,7-14,17,23H,6,15-16H2/b13-12+. The van der Waals surface area contributed by atoms with Gasteiger partial charge < -0.3 is 9.47 Å². The molecule has 136 valence electrons. The fourth-order valence-electron chi connectivity index (χ4n) is 3.67. The molecular formula is C23H21ClN2O. The van der Waals surface area contributed by atoms with E-state index < -0.39 is 0 Å². The minimum Gasteiger partial charge on any atom is -0.349 e. The normalized spacial score (nSPS) is 16.9. The highest BCUT2D eigenvalue weighted by atomic mass is 35.5. The van der Waals surface area contributed by atoms with E-state index in [9.17, 15) is 4.79 Å². The largest absolute Gasteiger partial charge is 0.349 e. The minimum absolute atomic E-state index is 0.0125. The highest BCUT2D eigenvalue weighted by Crippen LogP contribution is 2.33. The third-order valence-electron chi connectivity index (χ3n) is 4.92. The van der Waals surface area contributed by atoms with Crippen molar-refractivity contribution < 1.29 is 4.79 Å². The van der Waals surface area contributed by atoms with Crippen LogP contribution in [0.25, 0.3) is 6.08 Å². The van der Waals surface area contributed by atoms with E-state index in [1.165, 1.54) is 0 Å². The van der Waals surface area contributed by atoms with Crippen LogP contribution in [0.15, 0.2) is 79.0 Å². The first-order chi connectivity index (χ1) is 13.2. The van der Waals surface area contributed by atoms with Crippen molar-refractivity contribution in [3.8, 4) is 0 Å². The van der Waals surface area contributed by atoms with Gasteiger partial charge in [-0.3, -0.25) is 4.79 Å². The Kier molecular flexibility index (Phi) is 5.12. The molecule has 0 fully saturated rings. The zero-order valence-corrected chi connectivity index (χ0v) is 15.7. The monoisotopic (exact) mass is 376 g/mol. The summed E-state index contributed by atoms with van der Waals surface area (Å²) in [6, 6.07) is 21.7. The van der Waals surface area contributed by atoms with Gasteiger partial charge in [-0.25, -0.2) is 0 Å². The lowest BCUT2D eigenvalue weighted by molar-refractivity contribution is -0.127. The Labute approximate surface area is 164 Å². The molecular weight excluding hydrogens is 356 g/mol. The van der Waals surface area contributed by atoms with E-state index in [1.54, 1.807) is 6.08 Å². The molecule has 0 saturated carbocycles. The van der Waals surface area contributed by atoms with Crippen LogP contribution in [0.2, 0.25) is 5.02 Å². The number of halogens is 1. The topological polar surface area (TPSA) is 25.2 Å². The van der Waals surface area contributed by atoms with Gasteiger partial charge in [0.1, 0.15) is 0 Å². The number of nitrogens with zero attached hydrogens (tertiary/aromatic N) is 2. The van der Waals surface area contributed by atoms with Crippen molar-refractivity contribution in [1.82, 2.24) is 9.47 Å². The zero-order valence-electron chi connectivity index (χ0n) is 15.0. The molecule has 1 amide bonds. The van der Waals surface area contributed by atoms with Crippen molar-refractivity contribution in [3.05, 3.63) is 101 Å². The first-order valence-electron chi connectivity index (χ1n) is 9.16. The van der Waals surface area contributed by atoms with Gasteiger partial charge in [0.15, 0.2) is 0 Å². The van der Waals surface area contributed by atoms with Crippen LogP contribution >= 0.6 is 11.6 Å². The molecule has 0 N–H and O–H groups in total. The smallest absolute Gasteiger partial charge is 0.247 e. The van der Waals surface area contributed by atoms with Crippen LogP contribution < -0.4 is 0 Å². The predicted octanol–water partition coefficient (Wildman–Crippen LogP) is 5.18. The molecule has 1 atom stereocenters. The summed E-state index contributed by atoms with van der Waals surface area (Å²) in [5, 5.41) is 0.682. The summed E-state index contributed by atoms with van der Waals surface area (Å²) < 4.78 is 2.24. The molecule has 4 heteroatoms. The van der Waals surface area contributed by atoms with Gasteiger partial charge in [-0.05, 0) is 47.9 Å². The van der Waals surface area contributed by atoms with Crippen LogP contribution in [-0.2, 0) is 11.3 Å². The summed E-state index contributed by atoms with van der Waals surface area (Å²) in [5.74, 6) is 0.0125. The first-order valence-corrected chi connectivity index (χ1v) is 9.54. The van der Waals surface area contributed by atoms with Crippen molar-refractivity contribution in [2.24, 2.45) is 0 Å². The Bertz CT molecular complexity index is 961. The second-order valence-electron chi connectivity index (χ2n) is 6.71. The summed E-state index contributed by atoms with van der Waals surface area (Å²) in [4.78, 5) is 15.1. The van der Waals surface area contributed by atoms with Gasteiger partial charge >= 0.3 is 0 Å². The lowest BCUT2D eigenvalue weighted by Crippen LogP contribution is -2.34. The van der Waals surface area contributed by atoms with Crippen molar-refractivity contribution in [1.29, 1.82) is 0 Å². The molecule has 27 heavy (non-hydrogen) atoms. The van der Waals surface area contributed by atoms with Crippen LogP contribution in [0.3, 0.4) is 0 Å². The molecule has 4 rings (SSSR count). The van der Waals surface area contributed by atoms with Crippen LogP contribution in [0.4, 0.5) is 0 Å². The average Bonchev–Trinajstić information content (AvgIpc) is 3.06. The molecule has 2 aromatic carbocycles. The van der Waals surface area contributed by atoms with E-state index in [1.807, 2.05) is 71.6 Å². The summed E-state index contributed by atoms with van der Waals surface area (Å²) in [5.41, 5.74) is 3.17. The molecule has 0 saturated heterocycles. The maximum atomic E-state index is 13.1.